The minimum absolute atomic E-state index is 0. The maximum atomic E-state index is 11.7. The number of amides is 1. The van der Waals surface area contributed by atoms with Gasteiger partial charge in [0, 0.05) is 20.1 Å². The minimum Gasteiger partial charge on any atom is -0.344 e. The molecule has 0 aliphatic rings. The summed E-state index contributed by atoms with van der Waals surface area (Å²) in [5.41, 5.74) is 1.07. The lowest BCUT2D eigenvalue weighted by molar-refractivity contribution is -0.129. The van der Waals surface area contributed by atoms with Crippen molar-refractivity contribution in [2.24, 2.45) is 0 Å². The van der Waals surface area contributed by atoms with Crippen LogP contribution in [0.25, 0.3) is 0 Å². The Morgan fingerprint density at radius 3 is 2.50 bits per heavy atom. The van der Waals surface area contributed by atoms with Gasteiger partial charge in [-0.1, -0.05) is 30.3 Å². The third-order valence-electron chi connectivity index (χ3n) is 2.32. The fraction of sp³-hybridized carbons (Fsp3) is 0.417. The summed E-state index contributed by atoms with van der Waals surface area (Å²) in [7, 11) is 3.72. The van der Waals surface area contributed by atoms with Gasteiger partial charge in [0.1, 0.15) is 0 Å². The Morgan fingerprint density at radius 2 is 1.94 bits per heavy atom. The van der Waals surface area contributed by atoms with Gasteiger partial charge >= 0.3 is 0 Å². The Hall–Kier alpha value is -1.06. The van der Waals surface area contributed by atoms with Crippen LogP contribution in [0.4, 0.5) is 0 Å². The van der Waals surface area contributed by atoms with Crippen molar-refractivity contribution < 1.29 is 4.79 Å². The number of benzene rings is 1. The third-order valence-corrected chi connectivity index (χ3v) is 2.32. The molecule has 0 atom stereocenters. The highest BCUT2D eigenvalue weighted by atomic mass is 35.5. The molecule has 16 heavy (non-hydrogen) atoms. The number of nitrogens with zero attached hydrogens (tertiary/aromatic N) is 1. The summed E-state index contributed by atoms with van der Waals surface area (Å²) in [6.07, 6.45) is 0.487. The number of likely N-dealkylation sites (N-methyl/N-ethyl adjacent to an activating group) is 2. The summed E-state index contributed by atoms with van der Waals surface area (Å²) in [6.45, 7) is 1.58. The molecule has 0 saturated carbocycles. The van der Waals surface area contributed by atoms with Crippen molar-refractivity contribution in [2.45, 2.75) is 6.42 Å². The van der Waals surface area contributed by atoms with Crippen molar-refractivity contribution in [1.82, 2.24) is 10.2 Å². The van der Waals surface area contributed by atoms with Crippen molar-refractivity contribution in [2.75, 3.05) is 27.2 Å². The van der Waals surface area contributed by atoms with Gasteiger partial charge in [0.25, 0.3) is 0 Å². The number of rotatable bonds is 5. The van der Waals surface area contributed by atoms with Crippen LogP contribution in [0.1, 0.15) is 5.56 Å². The molecule has 90 valence electrons. The standard InChI is InChI=1S/C12H18N2O.ClH/c1-13-8-9-14(2)12(15)10-11-6-4-3-5-7-11;/h3-7,13H,8-10H2,1-2H3;1H. The lowest BCUT2D eigenvalue weighted by Gasteiger charge is -2.16. The van der Waals surface area contributed by atoms with Crippen LogP contribution in [0.5, 0.6) is 0 Å². The summed E-state index contributed by atoms with van der Waals surface area (Å²) in [4.78, 5) is 13.5. The Balaban J connectivity index is 0.00000225. The van der Waals surface area contributed by atoms with E-state index in [1.54, 1.807) is 4.90 Å². The van der Waals surface area contributed by atoms with Gasteiger partial charge in [-0.25, -0.2) is 0 Å². The second-order valence-electron chi connectivity index (χ2n) is 3.58. The third kappa shape index (κ3) is 5.14. The van der Waals surface area contributed by atoms with Gasteiger partial charge in [0.05, 0.1) is 6.42 Å². The van der Waals surface area contributed by atoms with E-state index >= 15 is 0 Å². The van der Waals surface area contributed by atoms with E-state index in [2.05, 4.69) is 5.32 Å². The van der Waals surface area contributed by atoms with Gasteiger partial charge in [-0.3, -0.25) is 4.79 Å². The van der Waals surface area contributed by atoms with Gasteiger partial charge < -0.3 is 10.2 Å². The van der Waals surface area contributed by atoms with E-state index in [4.69, 9.17) is 0 Å². The maximum Gasteiger partial charge on any atom is 0.226 e. The highest BCUT2D eigenvalue weighted by Crippen LogP contribution is 2.01. The van der Waals surface area contributed by atoms with Crippen LogP contribution in [0.2, 0.25) is 0 Å². The minimum atomic E-state index is 0. The number of nitrogens with one attached hydrogen (secondary N) is 1. The fourth-order valence-electron chi connectivity index (χ4n) is 1.31. The molecule has 1 amide bonds. The Bertz CT molecular complexity index is 303. The Morgan fingerprint density at radius 1 is 1.31 bits per heavy atom. The topological polar surface area (TPSA) is 32.3 Å². The van der Waals surface area contributed by atoms with Crippen LogP contribution >= 0.6 is 12.4 Å². The number of hydrogen-bond acceptors (Lipinski definition) is 2. The zero-order valence-corrected chi connectivity index (χ0v) is 10.6. The molecule has 4 heteroatoms. The zero-order valence-electron chi connectivity index (χ0n) is 9.77. The molecule has 0 aromatic heterocycles. The first-order valence-electron chi connectivity index (χ1n) is 5.16. The van der Waals surface area contributed by atoms with Crippen LogP contribution in [-0.4, -0.2) is 38.0 Å². The van der Waals surface area contributed by atoms with Gasteiger partial charge in [0.15, 0.2) is 0 Å². The average Bonchev–Trinajstić information content (AvgIpc) is 2.27. The first kappa shape index (κ1) is 14.9. The molecule has 3 nitrogen and oxygen atoms in total. The number of hydrogen-bond donors (Lipinski definition) is 1. The normalized spacial score (nSPS) is 9.38. The summed E-state index contributed by atoms with van der Waals surface area (Å²) < 4.78 is 0. The van der Waals surface area contributed by atoms with Crippen molar-refractivity contribution in [3.05, 3.63) is 35.9 Å². The van der Waals surface area contributed by atoms with Crippen molar-refractivity contribution in [3.63, 3.8) is 0 Å². The van der Waals surface area contributed by atoms with Gasteiger partial charge in [-0.05, 0) is 12.6 Å². The lowest BCUT2D eigenvalue weighted by atomic mass is 10.1. The second-order valence-corrected chi connectivity index (χ2v) is 3.58. The lowest BCUT2D eigenvalue weighted by Crippen LogP contribution is -2.33. The predicted octanol–water partition coefficient (Wildman–Crippen LogP) is 1.33. The van der Waals surface area contributed by atoms with Crippen LogP contribution < -0.4 is 5.32 Å². The van der Waals surface area contributed by atoms with Gasteiger partial charge in [0.2, 0.25) is 5.91 Å². The highest BCUT2D eigenvalue weighted by Gasteiger charge is 2.08. The maximum absolute atomic E-state index is 11.7. The molecule has 0 spiro atoms. The number of carbonyl (C=O) groups excluding carboxylic acids is 1. The predicted molar refractivity (Wildman–Crippen MR) is 69.0 cm³/mol. The molecule has 0 bridgehead atoms. The van der Waals surface area contributed by atoms with E-state index in [1.807, 2.05) is 44.4 Å². The molecule has 0 aliphatic heterocycles. The molecule has 1 N–H and O–H groups in total. The molecule has 1 rings (SSSR count). The van der Waals surface area contributed by atoms with Crippen LogP contribution in [0.15, 0.2) is 30.3 Å². The van der Waals surface area contributed by atoms with Crippen molar-refractivity contribution in [1.29, 1.82) is 0 Å². The van der Waals surface area contributed by atoms with E-state index < -0.39 is 0 Å². The molecule has 0 radical (unpaired) electrons. The smallest absolute Gasteiger partial charge is 0.226 e. The largest absolute Gasteiger partial charge is 0.344 e. The van der Waals surface area contributed by atoms with E-state index in [0.717, 1.165) is 18.7 Å². The fourth-order valence-corrected chi connectivity index (χ4v) is 1.31. The van der Waals surface area contributed by atoms with Crippen LogP contribution in [-0.2, 0) is 11.2 Å². The highest BCUT2D eigenvalue weighted by molar-refractivity contribution is 5.85. The van der Waals surface area contributed by atoms with Gasteiger partial charge in [-0.15, -0.1) is 12.4 Å². The van der Waals surface area contributed by atoms with Crippen LogP contribution in [0.3, 0.4) is 0 Å². The van der Waals surface area contributed by atoms with Gasteiger partial charge in [-0.2, -0.15) is 0 Å². The molecule has 0 fully saturated rings. The van der Waals surface area contributed by atoms with E-state index in [0.29, 0.717) is 6.42 Å². The number of halogens is 1. The molecular weight excluding hydrogens is 224 g/mol. The summed E-state index contributed by atoms with van der Waals surface area (Å²) in [5.74, 6) is 0.163. The zero-order chi connectivity index (χ0) is 11.1. The summed E-state index contributed by atoms with van der Waals surface area (Å²) >= 11 is 0. The van der Waals surface area contributed by atoms with E-state index in [1.165, 1.54) is 0 Å². The van der Waals surface area contributed by atoms with Crippen LogP contribution in [0, 0.1) is 0 Å². The number of carbonyl (C=O) groups is 1. The summed E-state index contributed by atoms with van der Waals surface area (Å²) in [6, 6.07) is 9.82. The first-order valence-corrected chi connectivity index (χ1v) is 5.16. The monoisotopic (exact) mass is 242 g/mol. The summed E-state index contributed by atoms with van der Waals surface area (Å²) in [5, 5.41) is 3.02. The van der Waals surface area contributed by atoms with E-state index in [-0.39, 0.29) is 18.3 Å². The molecule has 1 aromatic rings. The quantitative estimate of drug-likeness (QED) is 0.845. The molecule has 0 saturated heterocycles. The first-order chi connectivity index (χ1) is 7.24. The molecule has 0 aliphatic carbocycles. The molecular formula is C12H19ClN2O. The van der Waals surface area contributed by atoms with Crippen molar-refractivity contribution in [3.8, 4) is 0 Å². The molecule has 1 aromatic carbocycles. The second kappa shape index (κ2) is 8.13. The van der Waals surface area contributed by atoms with Crippen molar-refractivity contribution >= 4 is 18.3 Å². The average molecular weight is 243 g/mol. The van der Waals surface area contributed by atoms with E-state index in [9.17, 15) is 4.79 Å². The molecule has 0 heterocycles. The molecule has 0 unspecified atom stereocenters. The Labute approximate surface area is 103 Å². The SMILES string of the molecule is CNCCN(C)C(=O)Cc1ccccc1.Cl. The Kier molecular flexibility index (Phi) is 7.60.